The molecule has 2 heterocycles. The second-order valence-corrected chi connectivity index (χ2v) is 16.1. The quantitative estimate of drug-likeness (QED) is 0.311. The molecular weight excluding hydrogens is 590 g/mol. The minimum atomic E-state index is -3.70. The standard InChI is InChI=1S/C31H41N3O7S2/c1-30(2,3)33-42(36,37)28-10-6-9-27(18-28)40-22-26(35)20-32-25-19-31(41-21-25)13-15-34(16-14-31)43(38,39)29-12-11-23-7-4-5-8-24(23)17-29/h4-12,17-18,25-26,32-33,35H,13-16,19-22H2,1-3H3/t25?,26-/m0/s1. The van der Waals surface area contributed by atoms with Crippen molar-refractivity contribution in [2.45, 2.75) is 73.1 Å². The topological polar surface area (TPSA) is 134 Å². The van der Waals surface area contributed by atoms with Crippen molar-refractivity contribution in [2.24, 2.45) is 0 Å². The van der Waals surface area contributed by atoms with E-state index in [4.69, 9.17) is 9.47 Å². The largest absolute Gasteiger partial charge is 0.491 e. The molecule has 234 valence electrons. The van der Waals surface area contributed by atoms with Crippen molar-refractivity contribution in [2.75, 3.05) is 32.8 Å². The average molecular weight is 632 g/mol. The number of piperidine rings is 1. The van der Waals surface area contributed by atoms with Crippen molar-refractivity contribution in [3.8, 4) is 5.75 Å². The minimum absolute atomic E-state index is 0.0104. The zero-order valence-corrected chi connectivity index (χ0v) is 26.5. The van der Waals surface area contributed by atoms with Crippen LogP contribution in [0.25, 0.3) is 10.8 Å². The highest BCUT2D eigenvalue weighted by atomic mass is 32.2. The summed E-state index contributed by atoms with van der Waals surface area (Å²) in [5.74, 6) is 0.351. The molecule has 0 saturated carbocycles. The van der Waals surface area contributed by atoms with E-state index in [-0.39, 0.29) is 29.7 Å². The molecule has 3 N–H and O–H groups in total. The lowest BCUT2D eigenvalue weighted by molar-refractivity contribution is -0.0312. The zero-order valence-electron chi connectivity index (χ0n) is 24.8. The summed E-state index contributed by atoms with van der Waals surface area (Å²) < 4.78 is 68.0. The molecule has 3 aromatic carbocycles. The molecule has 2 atom stereocenters. The van der Waals surface area contributed by atoms with Crippen molar-refractivity contribution in [3.63, 3.8) is 0 Å². The highest BCUT2D eigenvalue weighted by Gasteiger charge is 2.44. The Kier molecular flexibility index (Phi) is 9.20. The van der Waals surface area contributed by atoms with Crippen LogP contribution in [-0.2, 0) is 24.8 Å². The van der Waals surface area contributed by atoms with Gasteiger partial charge in [0.25, 0.3) is 0 Å². The highest BCUT2D eigenvalue weighted by Crippen LogP contribution is 2.37. The van der Waals surface area contributed by atoms with Gasteiger partial charge < -0.3 is 19.9 Å². The van der Waals surface area contributed by atoms with Crippen LogP contribution in [0, 0.1) is 0 Å². The first kappa shape index (κ1) is 31.8. The molecule has 0 bridgehead atoms. The van der Waals surface area contributed by atoms with Crippen molar-refractivity contribution < 1.29 is 31.4 Å². The van der Waals surface area contributed by atoms with Crippen LogP contribution < -0.4 is 14.8 Å². The fourth-order valence-corrected chi connectivity index (χ4v) is 8.61. The average Bonchev–Trinajstić information content (AvgIpc) is 3.36. The molecule has 0 aliphatic carbocycles. The predicted molar refractivity (Wildman–Crippen MR) is 165 cm³/mol. The van der Waals surface area contributed by atoms with Gasteiger partial charge in [-0.3, -0.25) is 0 Å². The lowest BCUT2D eigenvalue weighted by Gasteiger charge is -2.38. The monoisotopic (exact) mass is 631 g/mol. The van der Waals surface area contributed by atoms with Gasteiger partial charge in [-0.1, -0.05) is 36.4 Å². The third-order valence-corrected chi connectivity index (χ3v) is 11.5. The Hall–Kier alpha value is -2.58. The van der Waals surface area contributed by atoms with Crippen LogP contribution in [0.15, 0.2) is 76.5 Å². The molecule has 10 nitrogen and oxygen atoms in total. The Morgan fingerprint density at radius 3 is 2.42 bits per heavy atom. The Balaban J connectivity index is 1.08. The van der Waals surface area contributed by atoms with E-state index in [1.165, 1.54) is 12.1 Å². The number of benzene rings is 3. The molecule has 43 heavy (non-hydrogen) atoms. The fourth-order valence-electron chi connectivity index (χ4n) is 5.68. The molecule has 2 aliphatic heterocycles. The maximum absolute atomic E-state index is 13.4. The Morgan fingerprint density at radius 2 is 1.70 bits per heavy atom. The number of rotatable bonds is 10. The van der Waals surface area contributed by atoms with E-state index in [0.717, 1.165) is 17.2 Å². The van der Waals surface area contributed by atoms with Gasteiger partial charge in [0.1, 0.15) is 18.5 Å². The first-order chi connectivity index (χ1) is 20.2. The summed E-state index contributed by atoms with van der Waals surface area (Å²) in [6.45, 7) is 6.83. The number of sulfonamides is 2. The molecule has 2 aliphatic rings. The number of aliphatic hydroxyl groups excluding tert-OH is 1. The van der Waals surface area contributed by atoms with Gasteiger partial charge in [0.2, 0.25) is 20.0 Å². The molecule has 2 fully saturated rings. The summed E-state index contributed by atoms with van der Waals surface area (Å²) in [4.78, 5) is 0.400. The summed E-state index contributed by atoms with van der Waals surface area (Å²) in [5.41, 5.74) is -1.01. The first-order valence-corrected chi connectivity index (χ1v) is 17.5. The molecule has 1 spiro atoms. The normalized spacial score (nSPS) is 20.4. The van der Waals surface area contributed by atoms with Gasteiger partial charge in [-0.2, -0.15) is 4.31 Å². The molecule has 5 rings (SSSR count). The minimum Gasteiger partial charge on any atom is -0.491 e. The van der Waals surface area contributed by atoms with Crippen LogP contribution in [0.2, 0.25) is 0 Å². The summed E-state index contributed by atoms with van der Waals surface area (Å²) in [5, 5.41) is 15.8. The predicted octanol–water partition coefficient (Wildman–Crippen LogP) is 3.26. The van der Waals surface area contributed by atoms with Crippen LogP contribution in [0.3, 0.4) is 0 Å². The molecule has 12 heteroatoms. The molecule has 0 aromatic heterocycles. The molecular formula is C31H41N3O7S2. The summed E-state index contributed by atoms with van der Waals surface area (Å²) >= 11 is 0. The first-order valence-electron chi connectivity index (χ1n) is 14.6. The van der Waals surface area contributed by atoms with E-state index in [9.17, 15) is 21.9 Å². The van der Waals surface area contributed by atoms with Crippen molar-refractivity contribution >= 4 is 30.8 Å². The van der Waals surface area contributed by atoms with Crippen LogP contribution in [0.1, 0.15) is 40.0 Å². The maximum Gasteiger partial charge on any atom is 0.243 e. The Bertz CT molecular complexity index is 1650. The van der Waals surface area contributed by atoms with Gasteiger partial charge in [-0.25, -0.2) is 21.6 Å². The van der Waals surface area contributed by atoms with Gasteiger partial charge >= 0.3 is 0 Å². The van der Waals surface area contributed by atoms with Crippen LogP contribution in [-0.4, -0.2) is 82.4 Å². The molecule has 0 amide bonds. The van der Waals surface area contributed by atoms with E-state index < -0.39 is 31.7 Å². The Morgan fingerprint density at radius 1 is 0.977 bits per heavy atom. The third-order valence-electron chi connectivity index (χ3n) is 7.84. The number of hydrogen-bond donors (Lipinski definition) is 3. The second-order valence-electron chi connectivity index (χ2n) is 12.5. The molecule has 2 saturated heterocycles. The van der Waals surface area contributed by atoms with E-state index in [1.807, 2.05) is 30.3 Å². The zero-order chi connectivity index (χ0) is 30.9. The van der Waals surface area contributed by atoms with E-state index in [1.54, 1.807) is 49.3 Å². The van der Waals surface area contributed by atoms with E-state index in [0.29, 0.717) is 43.2 Å². The number of ether oxygens (including phenoxy) is 2. The van der Waals surface area contributed by atoms with Crippen LogP contribution in [0.4, 0.5) is 0 Å². The number of aliphatic hydroxyl groups is 1. The van der Waals surface area contributed by atoms with Gasteiger partial charge in [0, 0.05) is 37.3 Å². The summed E-state index contributed by atoms with van der Waals surface area (Å²) in [7, 11) is -7.31. The smallest absolute Gasteiger partial charge is 0.243 e. The fraction of sp³-hybridized carbons (Fsp3) is 0.484. The molecule has 1 unspecified atom stereocenters. The number of fused-ring (bicyclic) bond motifs is 1. The summed E-state index contributed by atoms with van der Waals surface area (Å²) in [6, 6.07) is 19.2. The third kappa shape index (κ3) is 7.75. The van der Waals surface area contributed by atoms with Crippen molar-refractivity contribution in [1.82, 2.24) is 14.3 Å². The van der Waals surface area contributed by atoms with Crippen molar-refractivity contribution in [3.05, 3.63) is 66.7 Å². The summed E-state index contributed by atoms with van der Waals surface area (Å²) in [6.07, 6.45) is 1.11. The number of nitrogens with one attached hydrogen (secondary N) is 2. The van der Waals surface area contributed by atoms with Crippen LogP contribution in [0.5, 0.6) is 5.75 Å². The molecule has 3 aromatic rings. The van der Waals surface area contributed by atoms with Crippen LogP contribution >= 0.6 is 0 Å². The SMILES string of the molecule is CC(C)(C)NS(=O)(=O)c1cccc(OC[C@@H](O)CNC2COC3(CCN(S(=O)(=O)c4ccc5ccccc5c4)CC3)C2)c1. The molecule has 0 radical (unpaired) electrons. The van der Waals surface area contributed by atoms with Crippen molar-refractivity contribution in [1.29, 1.82) is 0 Å². The lowest BCUT2D eigenvalue weighted by atomic mass is 9.88. The van der Waals surface area contributed by atoms with Gasteiger partial charge in [0.05, 0.1) is 22.0 Å². The maximum atomic E-state index is 13.4. The number of hydrogen-bond acceptors (Lipinski definition) is 8. The lowest BCUT2D eigenvalue weighted by Crippen LogP contribution is -2.47. The highest BCUT2D eigenvalue weighted by molar-refractivity contribution is 7.89. The van der Waals surface area contributed by atoms with Gasteiger partial charge in [-0.15, -0.1) is 0 Å². The van der Waals surface area contributed by atoms with Gasteiger partial charge in [-0.05, 0) is 75.1 Å². The van der Waals surface area contributed by atoms with Gasteiger partial charge in [0.15, 0.2) is 0 Å². The van der Waals surface area contributed by atoms with E-state index >= 15 is 0 Å². The van der Waals surface area contributed by atoms with E-state index in [2.05, 4.69) is 10.0 Å². The Labute approximate surface area is 254 Å². The number of nitrogens with zero attached hydrogens (tertiary/aromatic N) is 1. The second kappa shape index (κ2) is 12.4.